The minimum Gasteiger partial charge on any atom is -0.348 e. The van der Waals surface area contributed by atoms with Crippen LogP contribution in [0.25, 0.3) is 0 Å². The van der Waals surface area contributed by atoms with Gasteiger partial charge < -0.3 is 5.32 Å². The Kier molecular flexibility index (Phi) is 8.59. The summed E-state index contributed by atoms with van der Waals surface area (Å²) in [6, 6.07) is 16.2. The Labute approximate surface area is 210 Å². The molecule has 2 aliphatic rings. The molecule has 0 aliphatic carbocycles. The van der Waals surface area contributed by atoms with Crippen LogP contribution >= 0.6 is 0 Å². The van der Waals surface area contributed by atoms with E-state index in [4.69, 9.17) is 0 Å². The van der Waals surface area contributed by atoms with Gasteiger partial charge in [0.25, 0.3) is 5.91 Å². The Balaban J connectivity index is 1.28. The largest absolute Gasteiger partial charge is 0.348 e. The molecule has 2 aliphatic heterocycles. The molecule has 7 nitrogen and oxygen atoms in total. The summed E-state index contributed by atoms with van der Waals surface area (Å²) in [5.74, 6) is 0.683. The van der Waals surface area contributed by atoms with Crippen molar-refractivity contribution in [2.45, 2.75) is 39.4 Å². The van der Waals surface area contributed by atoms with Crippen LogP contribution in [0.2, 0.25) is 0 Å². The van der Waals surface area contributed by atoms with Crippen LogP contribution in [0, 0.1) is 5.92 Å². The van der Waals surface area contributed by atoms with Gasteiger partial charge in [-0.2, -0.15) is 4.31 Å². The maximum Gasteiger partial charge on any atom is 0.251 e. The van der Waals surface area contributed by atoms with E-state index in [1.54, 1.807) is 0 Å². The van der Waals surface area contributed by atoms with E-state index in [9.17, 15) is 13.2 Å². The highest BCUT2D eigenvalue weighted by Gasteiger charge is 2.23. The molecule has 2 heterocycles. The standard InChI is InChI=1S/C27H38N4O3S/c1-22-6-5-11-30(19-22)21-24-8-3-7-23(16-24)18-28-27(32)26-10-4-9-25(17-26)20-29-12-14-31(15-13-29)35(2,33)34/h3-4,7-10,16-17,22H,5-6,11-15,18-21H2,1-2H3,(H,28,32). The van der Waals surface area contributed by atoms with Gasteiger partial charge in [-0.15, -0.1) is 0 Å². The van der Waals surface area contributed by atoms with Crippen LogP contribution in [0.4, 0.5) is 0 Å². The topological polar surface area (TPSA) is 73.0 Å². The van der Waals surface area contributed by atoms with Crippen LogP contribution in [0.15, 0.2) is 48.5 Å². The smallest absolute Gasteiger partial charge is 0.251 e. The second-order valence-corrected chi connectivity index (χ2v) is 12.1. The second kappa shape index (κ2) is 11.6. The van der Waals surface area contributed by atoms with E-state index in [-0.39, 0.29) is 5.91 Å². The molecule has 0 bridgehead atoms. The van der Waals surface area contributed by atoms with Gasteiger partial charge in [0, 0.05) is 57.9 Å². The molecular weight excluding hydrogens is 460 g/mol. The highest BCUT2D eigenvalue weighted by atomic mass is 32.2. The van der Waals surface area contributed by atoms with E-state index in [0.717, 1.165) is 36.7 Å². The van der Waals surface area contributed by atoms with Crippen molar-refractivity contribution in [3.05, 3.63) is 70.8 Å². The number of hydrogen-bond donors (Lipinski definition) is 1. The summed E-state index contributed by atoms with van der Waals surface area (Å²) >= 11 is 0. The molecule has 2 saturated heterocycles. The number of nitrogens with one attached hydrogen (secondary N) is 1. The van der Waals surface area contributed by atoms with E-state index in [1.165, 1.54) is 29.0 Å². The molecule has 4 rings (SSSR count). The average Bonchev–Trinajstić information content (AvgIpc) is 2.83. The first-order chi connectivity index (χ1) is 16.8. The van der Waals surface area contributed by atoms with Crippen molar-refractivity contribution >= 4 is 15.9 Å². The number of sulfonamides is 1. The zero-order valence-corrected chi connectivity index (χ0v) is 21.8. The van der Waals surface area contributed by atoms with Gasteiger partial charge in [0.2, 0.25) is 10.0 Å². The zero-order valence-electron chi connectivity index (χ0n) is 20.9. The Morgan fingerprint density at radius 3 is 2.29 bits per heavy atom. The first-order valence-corrected chi connectivity index (χ1v) is 14.5. The number of hydrogen-bond acceptors (Lipinski definition) is 5. The van der Waals surface area contributed by atoms with Crippen molar-refractivity contribution in [3.63, 3.8) is 0 Å². The number of rotatable bonds is 8. The Bertz CT molecular complexity index is 1110. The molecule has 8 heteroatoms. The molecule has 35 heavy (non-hydrogen) atoms. The Hall–Kier alpha value is -2.26. The van der Waals surface area contributed by atoms with E-state index < -0.39 is 10.0 Å². The predicted molar refractivity (Wildman–Crippen MR) is 139 cm³/mol. The fraction of sp³-hybridized carbons (Fsp3) is 0.519. The molecular formula is C27H38N4O3S. The van der Waals surface area contributed by atoms with Crippen LogP contribution in [0.5, 0.6) is 0 Å². The van der Waals surface area contributed by atoms with Gasteiger partial charge in [-0.3, -0.25) is 14.6 Å². The van der Waals surface area contributed by atoms with Crippen LogP contribution in [0.3, 0.4) is 0 Å². The molecule has 2 aromatic carbocycles. The van der Waals surface area contributed by atoms with Gasteiger partial charge in [-0.05, 0) is 54.1 Å². The molecule has 2 aromatic rings. The molecule has 190 valence electrons. The first kappa shape index (κ1) is 25.8. The summed E-state index contributed by atoms with van der Waals surface area (Å²) in [7, 11) is -3.13. The van der Waals surface area contributed by atoms with Crippen molar-refractivity contribution in [3.8, 4) is 0 Å². The summed E-state index contributed by atoms with van der Waals surface area (Å²) in [6.07, 6.45) is 3.85. The Morgan fingerprint density at radius 1 is 0.914 bits per heavy atom. The highest BCUT2D eigenvalue weighted by Crippen LogP contribution is 2.18. The number of piperazine rings is 1. The molecule has 1 unspecified atom stereocenters. The van der Waals surface area contributed by atoms with E-state index in [1.807, 2.05) is 24.3 Å². The number of amides is 1. The minimum atomic E-state index is -3.13. The van der Waals surface area contributed by atoms with Crippen molar-refractivity contribution in [1.29, 1.82) is 0 Å². The molecule has 2 fully saturated rings. The monoisotopic (exact) mass is 498 g/mol. The fourth-order valence-corrected chi connectivity index (χ4v) is 5.93. The molecule has 1 N–H and O–H groups in total. The third-order valence-corrected chi connectivity index (χ3v) is 8.29. The molecule has 0 saturated carbocycles. The van der Waals surface area contributed by atoms with Crippen LogP contribution in [-0.2, 0) is 29.7 Å². The molecule has 0 aromatic heterocycles. The van der Waals surface area contributed by atoms with Gasteiger partial charge >= 0.3 is 0 Å². The predicted octanol–water partition coefficient (Wildman–Crippen LogP) is 2.93. The van der Waals surface area contributed by atoms with E-state index in [2.05, 4.69) is 46.3 Å². The van der Waals surface area contributed by atoms with Crippen molar-refractivity contribution in [2.75, 3.05) is 45.5 Å². The lowest BCUT2D eigenvalue weighted by atomic mass is 9.99. The van der Waals surface area contributed by atoms with Gasteiger partial charge in [0.05, 0.1) is 6.26 Å². The SMILES string of the molecule is CC1CCCN(Cc2cccc(CNC(=O)c3cccc(CN4CCN(S(C)(=O)=O)CC4)c3)c2)C1. The number of piperidine rings is 1. The van der Waals surface area contributed by atoms with Gasteiger partial charge in [0.15, 0.2) is 0 Å². The molecule has 0 spiro atoms. The molecule has 1 amide bonds. The quantitative estimate of drug-likeness (QED) is 0.606. The fourth-order valence-electron chi connectivity index (χ4n) is 5.10. The zero-order chi connectivity index (χ0) is 24.8. The van der Waals surface area contributed by atoms with Crippen molar-refractivity contribution < 1.29 is 13.2 Å². The Morgan fingerprint density at radius 2 is 1.57 bits per heavy atom. The lowest BCUT2D eigenvalue weighted by Gasteiger charge is -2.33. The van der Waals surface area contributed by atoms with Crippen molar-refractivity contribution in [1.82, 2.24) is 19.4 Å². The average molecular weight is 499 g/mol. The summed E-state index contributed by atoms with van der Waals surface area (Å²) in [6.45, 7) is 9.21. The number of likely N-dealkylation sites (tertiary alicyclic amines) is 1. The summed E-state index contributed by atoms with van der Waals surface area (Å²) < 4.78 is 25.0. The second-order valence-electron chi connectivity index (χ2n) is 10.1. The summed E-state index contributed by atoms with van der Waals surface area (Å²) in [4.78, 5) is 17.6. The molecule has 0 radical (unpaired) electrons. The normalized spacial score (nSPS) is 20.6. The molecule has 1 atom stereocenters. The third kappa shape index (κ3) is 7.61. The van der Waals surface area contributed by atoms with E-state index in [0.29, 0.717) is 44.8 Å². The maximum atomic E-state index is 12.8. The number of carbonyl (C=O) groups is 1. The third-order valence-electron chi connectivity index (χ3n) is 6.99. The van der Waals surface area contributed by atoms with Gasteiger partial charge in [0.1, 0.15) is 0 Å². The van der Waals surface area contributed by atoms with Gasteiger partial charge in [-0.1, -0.05) is 43.3 Å². The summed E-state index contributed by atoms with van der Waals surface area (Å²) in [5.41, 5.74) is 4.11. The van der Waals surface area contributed by atoms with Crippen LogP contribution < -0.4 is 5.32 Å². The lowest BCUT2D eigenvalue weighted by Crippen LogP contribution is -2.47. The number of nitrogens with zero attached hydrogens (tertiary/aromatic N) is 3. The maximum absolute atomic E-state index is 12.8. The minimum absolute atomic E-state index is 0.0796. The number of benzene rings is 2. The van der Waals surface area contributed by atoms with Crippen molar-refractivity contribution in [2.24, 2.45) is 5.92 Å². The van der Waals surface area contributed by atoms with Gasteiger partial charge in [-0.25, -0.2) is 8.42 Å². The van der Waals surface area contributed by atoms with Crippen LogP contribution in [-0.4, -0.2) is 74.0 Å². The highest BCUT2D eigenvalue weighted by molar-refractivity contribution is 7.88. The number of carbonyl (C=O) groups excluding carboxylic acids is 1. The van der Waals surface area contributed by atoms with Crippen LogP contribution in [0.1, 0.15) is 46.8 Å². The lowest BCUT2D eigenvalue weighted by molar-refractivity contribution is 0.0950. The van der Waals surface area contributed by atoms with E-state index >= 15 is 0 Å². The summed E-state index contributed by atoms with van der Waals surface area (Å²) in [5, 5.41) is 3.07. The first-order valence-electron chi connectivity index (χ1n) is 12.6.